The van der Waals surface area contributed by atoms with Gasteiger partial charge < -0.3 is 0 Å². The van der Waals surface area contributed by atoms with Gasteiger partial charge in [-0.25, -0.2) is 0 Å². The second-order valence-corrected chi connectivity index (χ2v) is 3.87. The fourth-order valence-electron chi connectivity index (χ4n) is 1.93. The zero-order valence-corrected chi connectivity index (χ0v) is 6.93. The monoisotopic (exact) mass is 136 g/mol. The first-order chi connectivity index (χ1) is 4.83. The van der Waals surface area contributed by atoms with Gasteiger partial charge in [-0.15, -0.1) is 0 Å². The van der Waals surface area contributed by atoms with Crippen molar-refractivity contribution < 1.29 is 0 Å². The maximum Gasteiger partial charge on any atom is -0.0133 e. The highest BCUT2D eigenvalue weighted by atomic mass is 14.5. The molecule has 10 heavy (non-hydrogen) atoms. The fourth-order valence-corrected chi connectivity index (χ4v) is 1.93. The third-order valence-corrected chi connectivity index (χ3v) is 3.13. The molecule has 3 atom stereocenters. The van der Waals surface area contributed by atoms with Crippen molar-refractivity contribution in [2.24, 2.45) is 17.8 Å². The predicted molar refractivity (Wildman–Crippen MR) is 43.8 cm³/mol. The SMILES string of the molecule is CCC(C)C1CC1C1=CC1. The smallest absolute Gasteiger partial charge is 0.0133 e. The van der Waals surface area contributed by atoms with Gasteiger partial charge in [0, 0.05) is 0 Å². The van der Waals surface area contributed by atoms with E-state index in [-0.39, 0.29) is 0 Å². The predicted octanol–water partition coefficient (Wildman–Crippen LogP) is 3.00. The molecule has 0 N–H and O–H groups in total. The Morgan fingerprint density at radius 2 is 2.40 bits per heavy atom. The van der Waals surface area contributed by atoms with Crippen molar-refractivity contribution in [3.05, 3.63) is 11.6 Å². The van der Waals surface area contributed by atoms with Crippen LogP contribution in [0.5, 0.6) is 0 Å². The minimum Gasteiger partial charge on any atom is -0.0807 e. The molecule has 0 aliphatic heterocycles. The molecule has 1 fully saturated rings. The lowest BCUT2D eigenvalue weighted by Crippen LogP contribution is -1.95. The summed E-state index contributed by atoms with van der Waals surface area (Å²) in [4.78, 5) is 0. The molecule has 0 aromatic rings. The Morgan fingerprint density at radius 3 is 2.90 bits per heavy atom. The number of hydrogen-bond acceptors (Lipinski definition) is 0. The first-order valence-electron chi connectivity index (χ1n) is 4.52. The lowest BCUT2D eigenvalue weighted by molar-refractivity contribution is 0.475. The van der Waals surface area contributed by atoms with E-state index in [1.54, 1.807) is 5.57 Å². The summed E-state index contributed by atoms with van der Waals surface area (Å²) in [5.41, 5.74) is 1.77. The standard InChI is InChI=1S/C10H16/c1-3-7(2)9-6-10(9)8-4-5-8/h4,7,9-10H,3,5-6H2,1-2H3. The van der Waals surface area contributed by atoms with Gasteiger partial charge in [0.1, 0.15) is 0 Å². The van der Waals surface area contributed by atoms with E-state index in [4.69, 9.17) is 0 Å². The Balaban J connectivity index is 1.83. The van der Waals surface area contributed by atoms with E-state index in [1.807, 2.05) is 0 Å². The van der Waals surface area contributed by atoms with Crippen molar-refractivity contribution in [3.63, 3.8) is 0 Å². The molecule has 0 radical (unpaired) electrons. The molecule has 2 rings (SSSR count). The topological polar surface area (TPSA) is 0 Å². The Hall–Kier alpha value is -0.260. The van der Waals surface area contributed by atoms with Crippen LogP contribution < -0.4 is 0 Å². The third kappa shape index (κ3) is 1.00. The molecule has 0 spiro atoms. The third-order valence-electron chi connectivity index (χ3n) is 3.13. The van der Waals surface area contributed by atoms with E-state index in [2.05, 4.69) is 19.9 Å². The van der Waals surface area contributed by atoms with Crippen LogP contribution in [0.15, 0.2) is 11.6 Å². The summed E-state index contributed by atoms with van der Waals surface area (Å²) in [6.07, 6.45) is 6.61. The number of hydrogen-bond donors (Lipinski definition) is 0. The summed E-state index contributed by atoms with van der Waals surface area (Å²) in [6.45, 7) is 4.70. The van der Waals surface area contributed by atoms with Gasteiger partial charge in [0.2, 0.25) is 0 Å². The fraction of sp³-hybridized carbons (Fsp3) is 0.800. The Labute approximate surface area is 63.3 Å². The van der Waals surface area contributed by atoms with E-state index < -0.39 is 0 Å². The molecule has 0 saturated heterocycles. The molecule has 0 bridgehead atoms. The quantitative estimate of drug-likeness (QED) is 0.523. The average molecular weight is 136 g/mol. The average Bonchev–Trinajstić information content (AvgIpc) is 2.74. The second-order valence-electron chi connectivity index (χ2n) is 3.87. The molecular formula is C10H16. The van der Waals surface area contributed by atoms with Crippen molar-refractivity contribution >= 4 is 0 Å². The van der Waals surface area contributed by atoms with Crippen molar-refractivity contribution in [1.29, 1.82) is 0 Å². The summed E-state index contributed by atoms with van der Waals surface area (Å²) in [7, 11) is 0. The van der Waals surface area contributed by atoms with Gasteiger partial charge in [0.05, 0.1) is 0 Å². The molecular weight excluding hydrogens is 120 g/mol. The second kappa shape index (κ2) is 2.11. The van der Waals surface area contributed by atoms with E-state index in [9.17, 15) is 0 Å². The van der Waals surface area contributed by atoms with E-state index in [0.29, 0.717) is 0 Å². The van der Waals surface area contributed by atoms with Crippen molar-refractivity contribution in [1.82, 2.24) is 0 Å². The molecule has 2 aliphatic rings. The van der Waals surface area contributed by atoms with Crippen LogP contribution in [0.25, 0.3) is 0 Å². The summed E-state index contributed by atoms with van der Waals surface area (Å²) >= 11 is 0. The van der Waals surface area contributed by atoms with Crippen LogP contribution in [-0.4, -0.2) is 0 Å². The van der Waals surface area contributed by atoms with Crippen molar-refractivity contribution in [2.45, 2.75) is 33.1 Å². The summed E-state index contributed by atoms with van der Waals surface area (Å²) in [5.74, 6) is 3.08. The molecule has 0 amide bonds. The molecule has 0 aromatic heterocycles. The molecule has 0 nitrogen and oxygen atoms in total. The molecule has 56 valence electrons. The maximum absolute atomic E-state index is 2.40. The van der Waals surface area contributed by atoms with Gasteiger partial charge >= 0.3 is 0 Å². The summed E-state index contributed by atoms with van der Waals surface area (Å²) in [5, 5.41) is 0. The maximum atomic E-state index is 2.40. The van der Waals surface area contributed by atoms with Crippen molar-refractivity contribution in [2.75, 3.05) is 0 Å². The number of rotatable bonds is 3. The van der Waals surface area contributed by atoms with Gasteiger partial charge in [-0.1, -0.05) is 31.9 Å². The molecule has 0 heteroatoms. The van der Waals surface area contributed by atoms with Crippen LogP contribution >= 0.6 is 0 Å². The lowest BCUT2D eigenvalue weighted by Gasteiger charge is -2.04. The van der Waals surface area contributed by atoms with Gasteiger partial charge in [-0.05, 0) is 30.6 Å². The van der Waals surface area contributed by atoms with Gasteiger partial charge in [-0.3, -0.25) is 0 Å². The van der Waals surface area contributed by atoms with Crippen LogP contribution in [0, 0.1) is 17.8 Å². The highest BCUT2D eigenvalue weighted by Crippen LogP contribution is 2.54. The number of allylic oxidation sites excluding steroid dienone is 2. The Morgan fingerprint density at radius 1 is 1.70 bits per heavy atom. The van der Waals surface area contributed by atoms with E-state index >= 15 is 0 Å². The minimum atomic E-state index is 0.978. The van der Waals surface area contributed by atoms with Crippen LogP contribution in [0.3, 0.4) is 0 Å². The van der Waals surface area contributed by atoms with Gasteiger partial charge in [-0.2, -0.15) is 0 Å². The Kier molecular flexibility index (Phi) is 1.36. The zero-order valence-electron chi connectivity index (χ0n) is 6.93. The van der Waals surface area contributed by atoms with Crippen molar-refractivity contribution in [3.8, 4) is 0 Å². The lowest BCUT2D eigenvalue weighted by atomic mass is 10.0. The normalized spacial score (nSPS) is 38.8. The van der Waals surface area contributed by atoms with Gasteiger partial charge in [0.15, 0.2) is 0 Å². The highest BCUT2D eigenvalue weighted by molar-refractivity contribution is 5.30. The minimum absolute atomic E-state index is 0.978. The van der Waals surface area contributed by atoms with Crippen LogP contribution in [0.1, 0.15) is 33.1 Å². The summed E-state index contributed by atoms with van der Waals surface area (Å²) < 4.78 is 0. The highest BCUT2D eigenvalue weighted by Gasteiger charge is 2.44. The van der Waals surface area contributed by atoms with E-state index in [1.165, 1.54) is 19.3 Å². The van der Waals surface area contributed by atoms with Crippen LogP contribution in [-0.2, 0) is 0 Å². The van der Waals surface area contributed by atoms with Crippen LogP contribution in [0.2, 0.25) is 0 Å². The Bertz CT molecular complexity index is 167. The molecule has 2 aliphatic carbocycles. The largest absolute Gasteiger partial charge is 0.0807 e. The van der Waals surface area contributed by atoms with Crippen LogP contribution in [0.4, 0.5) is 0 Å². The van der Waals surface area contributed by atoms with E-state index in [0.717, 1.165) is 17.8 Å². The molecule has 0 aromatic carbocycles. The van der Waals surface area contributed by atoms with Gasteiger partial charge in [0.25, 0.3) is 0 Å². The first kappa shape index (κ1) is 6.45. The summed E-state index contributed by atoms with van der Waals surface area (Å²) in [6, 6.07) is 0. The molecule has 1 saturated carbocycles. The zero-order chi connectivity index (χ0) is 7.14. The first-order valence-corrected chi connectivity index (χ1v) is 4.52. The molecule has 0 heterocycles. The molecule has 3 unspecified atom stereocenters.